The highest BCUT2D eigenvalue weighted by atomic mass is 32.2. The lowest BCUT2D eigenvalue weighted by Crippen LogP contribution is -2.06. The highest BCUT2D eigenvalue weighted by Crippen LogP contribution is 2.43. The Morgan fingerprint density at radius 3 is 2.57 bits per heavy atom. The van der Waals surface area contributed by atoms with E-state index in [4.69, 9.17) is 0 Å². The lowest BCUT2D eigenvalue weighted by Gasteiger charge is -2.06. The first kappa shape index (κ1) is 16.5. The molecule has 0 spiro atoms. The smallest absolute Gasteiger partial charge is 0.0773 e. The standard InChI is InChI=1S/C18H22OS2/c1-20-18(21-2)13-17(19)16-12-15(16)11-7-6-10-14-8-4-3-5-9-14/h3-11,13,15-17,19H,12H2,1-2H3/b10-6+,11-7+. The molecule has 0 saturated heterocycles. The van der Waals surface area contributed by atoms with Gasteiger partial charge in [-0.25, -0.2) is 0 Å². The van der Waals surface area contributed by atoms with Crippen molar-refractivity contribution in [1.82, 2.24) is 0 Å². The highest BCUT2D eigenvalue weighted by Gasteiger charge is 2.39. The van der Waals surface area contributed by atoms with Gasteiger partial charge in [0.2, 0.25) is 0 Å². The summed E-state index contributed by atoms with van der Waals surface area (Å²) in [6.45, 7) is 0. The van der Waals surface area contributed by atoms with Crippen molar-refractivity contribution >= 4 is 29.6 Å². The Bertz CT molecular complexity index is 513. The Balaban J connectivity index is 1.80. The van der Waals surface area contributed by atoms with Crippen LogP contribution >= 0.6 is 23.5 Å². The Morgan fingerprint density at radius 1 is 1.19 bits per heavy atom. The van der Waals surface area contributed by atoms with Crippen molar-refractivity contribution in [2.75, 3.05) is 12.5 Å². The van der Waals surface area contributed by atoms with Crippen LogP contribution in [-0.4, -0.2) is 23.7 Å². The summed E-state index contributed by atoms with van der Waals surface area (Å²) < 4.78 is 1.20. The van der Waals surface area contributed by atoms with Crippen LogP contribution in [0.5, 0.6) is 0 Å². The molecule has 3 unspecified atom stereocenters. The minimum Gasteiger partial charge on any atom is -0.389 e. The minimum absolute atomic E-state index is 0.312. The first-order chi connectivity index (χ1) is 10.2. The Hall–Kier alpha value is -0.900. The average molecular weight is 319 g/mol. The van der Waals surface area contributed by atoms with E-state index in [2.05, 4.69) is 36.4 Å². The van der Waals surface area contributed by atoms with Crippen molar-refractivity contribution in [1.29, 1.82) is 0 Å². The summed E-state index contributed by atoms with van der Waals surface area (Å²) in [5.41, 5.74) is 1.21. The van der Waals surface area contributed by atoms with E-state index in [0.29, 0.717) is 11.8 Å². The summed E-state index contributed by atoms with van der Waals surface area (Å²) in [6.07, 6.45) is 15.3. The summed E-state index contributed by atoms with van der Waals surface area (Å²) in [7, 11) is 0. The third-order valence-corrected chi connectivity index (χ3v) is 5.67. The van der Waals surface area contributed by atoms with Gasteiger partial charge in [-0.1, -0.05) is 54.6 Å². The van der Waals surface area contributed by atoms with Crippen molar-refractivity contribution in [3.05, 3.63) is 64.4 Å². The molecule has 0 radical (unpaired) electrons. The molecule has 1 aromatic rings. The quantitative estimate of drug-likeness (QED) is 0.728. The second kappa shape index (κ2) is 8.52. The van der Waals surface area contributed by atoms with E-state index in [1.54, 1.807) is 23.5 Å². The fourth-order valence-electron chi connectivity index (χ4n) is 2.27. The van der Waals surface area contributed by atoms with Gasteiger partial charge < -0.3 is 5.11 Å². The van der Waals surface area contributed by atoms with Gasteiger partial charge in [-0.05, 0) is 42.4 Å². The predicted molar refractivity (Wildman–Crippen MR) is 97.3 cm³/mol. The van der Waals surface area contributed by atoms with E-state index in [1.807, 2.05) is 36.8 Å². The number of thioether (sulfide) groups is 2. The molecule has 0 bridgehead atoms. The normalized spacial score (nSPS) is 22.6. The van der Waals surface area contributed by atoms with Crippen LogP contribution in [0.4, 0.5) is 0 Å². The monoisotopic (exact) mass is 318 g/mol. The maximum absolute atomic E-state index is 10.2. The van der Waals surface area contributed by atoms with E-state index in [0.717, 1.165) is 6.42 Å². The number of aliphatic hydroxyl groups is 1. The van der Waals surface area contributed by atoms with Crippen molar-refractivity contribution in [2.45, 2.75) is 12.5 Å². The Kier molecular flexibility index (Phi) is 6.68. The van der Waals surface area contributed by atoms with Gasteiger partial charge in [-0.15, -0.1) is 23.5 Å². The molecule has 1 N–H and O–H groups in total. The summed E-state index contributed by atoms with van der Waals surface area (Å²) in [5, 5.41) is 10.2. The molecule has 1 aliphatic carbocycles. The van der Waals surface area contributed by atoms with Crippen LogP contribution in [-0.2, 0) is 0 Å². The van der Waals surface area contributed by atoms with E-state index in [9.17, 15) is 5.11 Å². The van der Waals surface area contributed by atoms with Crippen LogP contribution in [0.3, 0.4) is 0 Å². The van der Waals surface area contributed by atoms with Gasteiger partial charge >= 0.3 is 0 Å². The number of aliphatic hydroxyl groups excluding tert-OH is 1. The average Bonchev–Trinajstić information content (AvgIpc) is 3.30. The van der Waals surface area contributed by atoms with Gasteiger partial charge in [-0.3, -0.25) is 0 Å². The minimum atomic E-state index is -0.312. The second-order valence-electron chi connectivity index (χ2n) is 5.10. The molecular weight excluding hydrogens is 296 g/mol. The number of benzene rings is 1. The fourth-order valence-corrected chi connectivity index (χ4v) is 3.49. The van der Waals surface area contributed by atoms with Gasteiger partial charge in [0.15, 0.2) is 0 Å². The number of allylic oxidation sites excluding steroid dienone is 3. The van der Waals surface area contributed by atoms with E-state index in [1.165, 1.54) is 9.80 Å². The van der Waals surface area contributed by atoms with Crippen LogP contribution in [0.25, 0.3) is 6.08 Å². The molecular formula is C18H22OS2. The molecule has 1 saturated carbocycles. The highest BCUT2D eigenvalue weighted by molar-refractivity contribution is 8.21. The largest absolute Gasteiger partial charge is 0.389 e. The molecule has 1 nitrogen and oxygen atoms in total. The summed E-state index contributed by atoms with van der Waals surface area (Å²) in [6, 6.07) is 10.3. The van der Waals surface area contributed by atoms with Crippen LogP contribution < -0.4 is 0 Å². The number of rotatable bonds is 7. The van der Waals surface area contributed by atoms with Gasteiger partial charge in [0.1, 0.15) is 0 Å². The van der Waals surface area contributed by atoms with E-state index >= 15 is 0 Å². The molecule has 1 fully saturated rings. The zero-order chi connectivity index (χ0) is 15.1. The molecule has 0 aromatic heterocycles. The second-order valence-corrected chi connectivity index (χ2v) is 7.06. The molecule has 3 heteroatoms. The summed E-state index contributed by atoms with van der Waals surface area (Å²) in [4.78, 5) is 0. The molecule has 21 heavy (non-hydrogen) atoms. The summed E-state index contributed by atoms with van der Waals surface area (Å²) in [5.74, 6) is 0.905. The first-order valence-corrected chi connectivity index (χ1v) is 9.57. The van der Waals surface area contributed by atoms with Crippen LogP contribution in [0, 0.1) is 11.8 Å². The molecule has 0 heterocycles. The topological polar surface area (TPSA) is 20.2 Å². The molecule has 1 aliphatic rings. The number of hydrogen-bond donors (Lipinski definition) is 1. The van der Waals surface area contributed by atoms with Crippen LogP contribution in [0.1, 0.15) is 12.0 Å². The van der Waals surface area contributed by atoms with E-state index in [-0.39, 0.29) is 6.10 Å². The molecule has 0 aliphatic heterocycles. The molecule has 0 amide bonds. The fraction of sp³-hybridized carbons (Fsp3) is 0.333. The SMILES string of the molecule is CSC(=CC(O)C1CC1/C=C/C=C/c1ccccc1)SC. The zero-order valence-corrected chi connectivity index (χ0v) is 14.1. The first-order valence-electron chi connectivity index (χ1n) is 7.12. The van der Waals surface area contributed by atoms with Gasteiger partial charge in [0.05, 0.1) is 6.10 Å². The van der Waals surface area contributed by atoms with Gasteiger partial charge in [-0.2, -0.15) is 0 Å². The molecule has 2 rings (SSSR count). The molecule has 112 valence electrons. The van der Waals surface area contributed by atoms with Crippen molar-refractivity contribution in [2.24, 2.45) is 11.8 Å². The number of hydrogen-bond acceptors (Lipinski definition) is 3. The van der Waals surface area contributed by atoms with Gasteiger partial charge in [0.25, 0.3) is 0 Å². The Morgan fingerprint density at radius 2 is 1.90 bits per heavy atom. The third-order valence-electron chi connectivity index (χ3n) is 3.60. The van der Waals surface area contributed by atoms with Crippen LogP contribution in [0.2, 0.25) is 0 Å². The lowest BCUT2D eigenvalue weighted by atomic mass is 10.2. The summed E-state index contributed by atoms with van der Waals surface area (Å²) >= 11 is 3.40. The Labute approximate surface area is 136 Å². The van der Waals surface area contributed by atoms with Gasteiger partial charge in [0, 0.05) is 4.24 Å². The van der Waals surface area contributed by atoms with Crippen molar-refractivity contribution in [3.8, 4) is 0 Å². The van der Waals surface area contributed by atoms with E-state index < -0.39 is 0 Å². The lowest BCUT2D eigenvalue weighted by molar-refractivity contribution is 0.195. The molecule has 3 atom stereocenters. The maximum Gasteiger partial charge on any atom is 0.0773 e. The predicted octanol–water partition coefficient (Wildman–Crippen LogP) is 4.82. The van der Waals surface area contributed by atoms with Crippen molar-refractivity contribution < 1.29 is 5.11 Å². The van der Waals surface area contributed by atoms with Crippen molar-refractivity contribution in [3.63, 3.8) is 0 Å². The third kappa shape index (κ3) is 5.42. The maximum atomic E-state index is 10.2. The molecule has 1 aromatic carbocycles. The zero-order valence-electron chi connectivity index (χ0n) is 12.5. The van der Waals surface area contributed by atoms with Crippen LogP contribution in [0.15, 0.2) is 58.9 Å².